The van der Waals surface area contributed by atoms with Crippen LogP contribution in [-0.2, 0) is 0 Å². The number of aryl methyl sites for hydroxylation is 1. The first-order valence-corrected chi connectivity index (χ1v) is 6.92. The summed E-state index contributed by atoms with van der Waals surface area (Å²) in [6.45, 7) is 9.83. The lowest BCUT2D eigenvalue weighted by Gasteiger charge is -2.35. The SMILES string of the molecule is Cc1ccc(NC2(CN)CC(C)(C)CC2C)cc1. The molecule has 3 N–H and O–H groups in total. The molecule has 2 atom stereocenters. The maximum atomic E-state index is 6.10. The normalized spacial score (nSPS) is 30.4. The van der Waals surface area contributed by atoms with Crippen molar-refractivity contribution in [3.8, 4) is 0 Å². The average molecular weight is 246 g/mol. The van der Waals surface area contributed by atoms with E-state index in [1.807, 2.05) is 0 Å². The Kier molecular flexibility index (Phi) is 3.41. The van der Waals surface area contributed by atoms with Crippen LogP contribution in [-0.4, -0.2) is 12.1 Å². The molecular formula is C16H26N2. The minimum atomic E-state index is 0.0543. The van der Waals surface area contributed by atoms with Gasteiger partial charge < -0.3 is 11.1 Å². The number of hydrogen-bond acceptors (Lipinski definition) is 2. The van der Waals surface area contributed by atoms with Crippen LogP contribution in [0.1, 0.15) is 39.2 Å². The maximum absolute atomic E-state index is 6.10. The molecule has 0 aliphatic heterocycles. The number of nitrogens with two attached hydrogens (primary N) is 1. The largest absolute Gasteiger partial charge is 0.378 e. The number of hydrogen-bond donors (Lipinski definition) is 2. The van der Waals surface area contributed by atoms with Gasteiger partial charge in [-0.05, 0) is 43.2 Å². The summed E-state index contributed by atoms with van der Waals surface area (Å²) >= 11 is 0. The van der Waals surface area contributed by atoms with Gasteiger partial charge >= 0.3 is 0 Å². The summed E-state index contributed by atoms with van der Waals surface area (Å²) in [7, 11) is 0. The van der Waals surface area contributed by atoms with Crippen LogP contribution in [0.4, 0.5) is 5.69 Å². The molecule has 2 unspecified atom stereocenters. The third-order valence-electron chi connectivity index (χ3n) is 4.41. The van der Waals surface area contributed by atoms with E-state index in [2.05, 4.69) is 57.3 Å². The lowest BCUT2D eigenvalue weighted by Crippen LogP contribution is -2.48. The molecule has 0 amide bonds. The van der Waals surface area contributed by atoms with Crippen molar-refractivity contribution in [2.45, 2.75) is 46.1 Å². The quantitative estimate of drug-likeness (QED) is 0.856. The second-order valence-electron chi connectivity index (χ2n) is 6.80. The Hall–Kier alpha value is -1.02. The Morgan fingerprint density at radius 2 is 1.89 bits per heavy atom. The van der Waals surface area contributed by atoms with E-state index in [1.165, 1.54) is 17.7 Å². The first-order valence-electron chi connectivity index (χ1n) is 6.92. The van der Waals surface area contributed by atoms with E-state index >= 15 is 0 Å². The number of rotatable bonds is 3. The van der Waals surface area contributed by atoms with Gasteiger partial charge in [-0.1, -0.05) is 38.5 Å². The summed E-state index contributed by atoms with van der Waals surface area (Å²) in [6, 6.07) is 8.62. The number of anilines is 1. The molecule has 1 saturated carbocycles. The van der Waals surface area contributed by atoms with E-state index in [0.717, 1.165) is 6.42 Å². The van der Waals surface area contributed by atoms with E-state index in [0.29, 0.717) is 17.9 Å². The standard InChI is InChI=1S/C16H26N2/c1-12-5-7-14(8-6-12)18-16(11-17)10-15(3,4)9-13(16)2/h5-8,13,18H,9-11,17H2,1-4H3. The highest BCUT2D eigenvalue weighted by Gasteiger charge is 2.47. The van der Waals surface area contributed by atoms with Crippen LogP contribution in [0.5, 0.6) is 0 Å². The molecule has 0 bridgehead atoms. The average Bonchev–Trinajstić information content (AvgIpc) is 2.52. The highest BCUT2D eigenvalue weighted by Crippen LogP contribution is 2.48. The Balaban J connectivity index is 2.21. The first-order chi connectivity index (χ1) is 8.37. The molecular weight excluding hydrogens is 220 g/mol. The van der Waals surface area contributed by atoms with E-state index < -0.39 is 0 Å². The van der Waals surface area contributed by atoms with Gasteiger partial charge in [0.05, 0.1) is 5.54 Å². The first kappa shape index (κ1) is 13.4. The van der Waals surface area contributed by atoms with Crippen molar-refractivity contribution in [2.75, 3.05) is 11.9 Å². The predicted molar refractivity (Wildman–Crippen MR) is 78.8 cm³/mol. The lowest BCUT2D eigenvalue weighted by atomic mass is 9.86. The van der Waals surface area contributed by atoms with Crippen molar-refractivity contribution in [3.05, 3.63) is 29.8 Å². The summed E-state index contributed by atoms with van der Waals surface area (Å²) < 4.78 is 0. The summed E-state index contributed by atoms with van der Waals surface area (Å²) in [4.78, 5) is 0. The zero-order chi connectivity index (χ0) is 13.4. The van der Waals surface area contributed by atoms with Gasteiger partial charge in [-0.3, -0.25) is 0 Å². The lowest BCUT2D eigenvalue weighted by molar-refractivity contribution is 0.350. The van der Waals surface area contributed by atoms with Crippen LogP contribution in [0, 0.1) is 18.3 Å². The smallest absolute Gasteiger partial charge is 0.0526 e. The Bertz CT molecular complexity index is 408. The van der Waals surface area contributed by atoms with Crippen LogP contribution >= 0.6 is 0 Å². The molecule has 1 aromatic rings. The minimum absolute atomic E-state index is 0.0543. The van der Waals surface area contributed by atoms with E-state index in [9.17, 15) is 0 Å². The monoisotopic (exact) mass is 246 g/mol. The van der Waals surface area contributed by atoms with Crippen LogP contribution in [0.3, 0.4) is 0 Å². The van der Waals surface area contributed by atoms with E-state index in [1.54, 1.807) is 0 Å². The molecule has 2 heteroatoms. The van der Waals surface area contributed by atoms with Gasteiger partial charge in [0.1, 0.15) is 0 Å². The third-order valence-corrected chi connectivity index (χ3v) is 4.41. The molecule has 18 heavy (non-hydrogen) atoms. The minimum Gasteiger partial charge on any atom is -0.378 e. The Morgan fingerprint density at radius 3 is 2.33 bits per heavy atom. The highest BCUT2D eigenvalue weighted by molar-refractivity contribution is 5.47. The molecule has 0 heterocycles. The second-order valence-corrected chi connectivity index (χ2v) is 6.80. The van der Waals surface area contributed by atoms with Gasteiger partial charge in [-0.15, -0.1) is 0 Å². The fourth-order valence-corrected chi connectivity index (χ4v) is 3.54. The van der Waals surface area contributed by atoms with Crippen LogP contribution in [0.2, 0.25) is 0 Å². The van der Waals surface area contributed by atoms with Crippen molar-refractivity contribution in [1.29, 1.82) is 0 Å². The third kappa shape index (κ3) is 2.54. The fraction of sp³-hybridized carbons (Fsp3) is 0.625. The molecule has 1 aromatic carbocycles. The summed E-state index contributed by atoms with van der Waals surface area (Å²) in [6.07, 6.45) is 2.38. The van der Waals surface area contributed by atoms with Gasteiger partial charge in [0.25, 0.3) is 0 Å². The van der Waals surface area contributed by atoms with Crippen LogP contribution in [0.15, 0.2) is 24.3 Å². The van der Waals surface area contributed by atoms with E-state index in [-0.39, 0.29) is 5.54 Å². The van der Waals surface area contributed by atoms with Gasteiger partial charge in [0.15, 0.2) is 0 Å². The molecule has 0 spiro atoms. The Labute approximate surface area is 111 Å². The predicted octanol–water partition coefficient (Wildman–Crippen LogP) is 3.56. The van der Waals surface area contributed by atoms with Crippen LogP contribution < -0.4 is 11.1 Å². The molecule has 2 nitrogen and oxygen atoms in total. The van der Waals surface area contributed by atoms with Gasteiger partial charge in [-0.2, -0.15) is 0 Å². The molecule has 0 radical (unpaired) electrons. The molecule has 1 fully saturated rings. The van der Waals surface area contributed by atoms with Crippen molar-refractivity contribution in [2.24, 2.45) is 17.1 Å². The molecule has 1 aliphatic carbocycles. The molecule has 100 valence electrons. The molecule has 0 aromatic heterocycles. The van der Waals surface area contributed by atoms with Crippen molar-refractivity contribution in [3.63, 3.8) is 0 Å². The highest BCUT2D eigenvalue weighted by atomic mass is 15.0. The van der Waals surface area contributed by atoms with Crippen molar-refractivity contribution >= 4 is 5.69 Å². The topological polar surface area (TPSA) is 38.0 Å². The van der Waals surface area contributed by atoms with Gasteiger partial charge in [0, 0.05) is 12.2 Å². The molecule has 1 aliphatic rings. The zero-order valence-corrected chi connectivity index (χ0v) is 12.1. The second kappa shape index (κ2) is 4.58. The van der Waals surface area contributed by atoms with E-state index in [4.69, 9.17) is 5.73 Å². The van der Waals surface area contributed by atoms with Crippen molar-refractivity contribution < 1.29 is 0 Å². The molecule has 0 saturated heterocycles. The zero-order valence-electron chi connectivity index (χ0n) is 12.1. The maximum Gasteiger partial charge on any atom is 0.0526 e. The van der Waals surface area contributed by atoms with Gasteiger partial charge in [0.2, 0.25) is 0 Å². The summed E-state index contributed by atoms with van der Waals surface area (Å²) in [5, 5.41) is 3.71. The fourth-order valence-electron chi connectivity index (χ4n) is 3.54. The summed E-state index contributed by atoms with van der Waals surface area (Å²) in [5.41, 5.74) is 9.02. The number of nitrogens with one attached hydrogen (secondary N) is 1. The van der Waals surface area contributed by atoms with Gasteiger partial charge in [-0.25, -0.2) is 0 Å². The summed E-state index contributed by atoms with van der Waals surface area (Å²) in [5.74, 6) is 0.610. The van der Waals surface area contributed by atoms with Crippen LogP contribution in [0.25, 0.3) is 0 Å². The number of benzene rings is 1. The Morgan fingerprint density at radius 1 is 1.28 bits per heavy atom. The molecule has 2 rings (SSSR count). The van der Waals surface area contributed by atoms with Crippen molar-refractivity contribution in [1.82, 2.24) is 0 Å².